The molecule has 0 amide bonds. The van der Waals surface area contributed by atoms with Crippen LogP contribution in [0.3, 0.4) is 0 Å². The number of aromatic amines is 2. The van der Waals surface area contributed by atoms with Gasteiger partial charge in [-0.3, -0.25) is 4.79 Å². The Morgan fingerprint density at radius 2 is 1.76 bits per heavy atom. The van der Waals surface area contributed by atoms with Crippen molar-refractivity contribution in [1.29, 1.82) is 0 Å². The summed E-state index contributed by atoms with van der Waals surface area (Å²) in [6, 6.07) is 0. The number of fused-ring (bicyclic) bond motifs is 1. The lowest BCUT2D eigenvalue weighted by atomic mass is 10.2. The van der Waals surface area contributed by atoms with Crippen molar-refractivity contribution in [3.8, 4) is 0 Å². The third kappa shape index (κ3) is 5.12. The fourth-order valence-corrected chi connectivity index (χ4v) is 5.85. The van der Waals surface area contributed by atoms with Crippen LogP contribution in [-0.4, -0.2) is 50.4 Å². The van der Waals surface area contributed by atoms with Crippen molar-refractivity contribution >= 4 is 33.7 Å². The number of ether oxygens (including phenoxy) is 1. The van der Waals surface area contributed by atoms with E-state index in [0.29, 0.717) is 24.2 Å². The van der Waals surface area contributed by atoms with Crippen molar-refractivity contribution < 1.29 is 18.2 Å². The first kappa shape index (κ1) is 26.1. The molecule has 0 unspecified atom stereocenters. The van der Waals surface area contributed by atoms with Crippen LogP contribution in [0.4, 0.5) is 5.95 Å². The number of nitrogens with two attached hydrogens (primary N) is 1. The Bertz CT molecular complexity index is 1050. The summed E-state index contributed by atoms with van der Waals surface area (Å²) in [5, 5.41) is 0.162. The molecule has 0 bridgehead atoms. The van der Waals surface area contributed by atoms with E-state index in [0.717, 1.165) is 0 Å². The fraction of sp³-hybridized carbons (Fsp3) is 0.773. The molecule has 3 heterocycles. The molecule has 1 aliphatic heterocycles. The van der Waals surface area contributed by atoms with E-state index < -0.39 is 22.9 Å². The minimum Gasteiger partial charge on any atom is -0.414 e. The van der Waals surface area contributed by atoms with Crippen LogP contribution >= 0.6 is 0 Å². The van der Waals surface area contributed by atoms with Gasteiger partial charge < -0.3 is 24.3 Å². The Morgan fingerprint density at radius 3 is 2.33 bits per heavy atom. The van der Waals surface area contributed by atoms with Crippen molar-refractivity contribution in [1.82, 2.24) is 15.0 Å². The second kappa shape index (κ2) is 8.60. The van der Waals surface area contributed by atoms with Crippen LogP contribution in [0.15, 0.2) is 11.1 Å². The molecule has 4 N–H and O–H groups in total. The molecular weight excluding hydrogens is 454 g/mol. The second-order valence-electron chi connectivity index (χ2n) is 12.2. The van der Waals surface area contributed by atoms with E-state index in [1.54, 1.807) is 4.57 Å². The summed E-state index contributed by atoms with van der Waals surface area (Å²) >= 11 is 0. The Kier molecular flexibility index (Phi) is 6.79. The summed E-state index contributed by atoms with van der Waals surface area (Å²) in [5.74, 6) is 0.210. The van der Waals surface area contributed by atoms with E-state index in [1.807, 2.05) is 0 Å². The van der Waals surface area contributed by atoms with Gasteiger partial charge in [0.15, 0.2) is 34.7 Å². The summed E-state index contributed by atoms with van der Waals surface area (Å²) in [6.07, 6.45) is 1.28. The molecule has 2 aromatic heterocycles. The fourth-order valence-electron chi connectivity index (χ4n) is 3.48. The maximum atomic E-state index is 12.3. The molecule has 0 radical (unpaired) electrons. The molecule has 11 heteroatoms. The first-order chi connectivity index (χ1) is 14.9. The zero-order valence-corrected chi connectivity index (χ0v) is 23.8. The average Bonchev–Trinajstić information content (AvgIpc) is 3.25. The van der Waals surface area contributed by atoms with Crippen LogP contribution in [0.25, 0.3) is 11.2 Å². The van der Waals surface area contributed by atoms with Crippen LogP contribution in [0.1, 0.15) is 54.2 Å². The minimum atomic E-state index is -2.06. The highest BCUT2D eigenvalue weighted by atomic mass is 28.4. The molecule has 3 rings (SSSR count). The number of rotatable bonds is 6. The van der Waals surface area contributed by atoms with Crippen molar-refractivity contribution in [2.24, 2.45) is 0 Å². The third-order valence-electron chi connectivity index (χ3n) is 7.71. The molecule has 0 saturated carbocycles. The Morgan fingerprint density at radius 1 is 1.15 bits per heavy atom. The molecule has 3 atom stereocenters. The van der Waals surface area contributed by atoms with E-state index in [9.17, 15) is 4.79 Å². The molecule has 186 valence electrons. The van der Waals surface area contributed by atoms with Gasteiger partial charge in [-0.1, -0.05) is 41.5 Å². The van der Waals surface area contributed by atoms with Gasteiger partial charge in [-0.25, -0.2) is 4.98 Å². The number of nitrogens with one attached hydrogen (secondary N) is 2. The highest BCUT2D eigenvalue weighted by molar-refractivity contribution is 6.74. The van der Waals surface area contributed by atoms with Crippen LogP contribution in [0, 0.1) is 0 Å². The number of hydrogen-bond donors (Lipinski definition) is 3. The Labute approximate surface area is 198 Å². The lowest BCUT2D eigenvalue weighted by molar-refractivity contribution is -0.728. The smallest absolute Gasteiger partial charge is 0.322 e. The third-order valence-corrected chi connectivity index (χ3v) is 16.7. The van der Waals surface area contributed by atoms with Crippen LogP contribution < -0.4 is 15.9 Å². The van der Waals surface area contributed by atoms with E-state index in [1.165, 1.54) is 6.33 Å². The van der Waals surface area contributed by atoms with Gasteiger partial charge in [0.2, 0.25) is 0 Å². The number of imidazole rings is 1. The molecule has 2 aromatic rings. The molecule has 0 aromatic carbocycles. The highest BCUT2D eigenvalue weighted by Crippen LogP contribution is 2.42. The van der Waals surface area contributed by atoms with Gasteiger partial charge in [0.05, 0.1) is 12.7 Å². The number of hydrogen-bond acceptors (Lipinski definition) is 6. The normalized spacial score (nSPS) is 22.9. The van der Waals surface area contributed by atoms with Crippen molar-refractivity contribution in [2.75, 3.05) is 12.3 Å². The van der Waals surface area contributed by atoms with Gasteiger partial charge in [-0.2, -0.15) is 4.57 Å². The van der Waals surface area contributed by atoms with Crippen LogP contribution in [0.2, 0.25) is 36.3 Å². The Hall–Kier alpha value is -1.54. The number of nitrogen functional groups attached to an aromatic ring is 1. The lowest BCUT2D eigenvalue weighted by Gasteiger charge is -2.40. The van der Waals surface area contributed by atoms with Gasteiger partial charge in [0.1, 0.15) is 6.10 Å². The van der Waals surface area contributed by atoms with Gasteiger partial charge >= 0.3 is 11.5 Å². The number of aromatic nitrogens is 4. The highest BCUT2D eigenvalue weighted by Gasteiger charge is 2.48. The molecular formula is C22H42N5O4Si2+. The number of H-pyrrole nitrogens is 2. The summed E-state index contributed by atoms with van der Waals surface area (Å²) < 4.78 is 21.7. The molecule has 1 fully saturated rings. The first-order valence-electron chi connectivity index (χ1n) is 11.7. The second-order valence-corrected chi connectivity index (χ2v) is 21.7. The lowest BCUT2D eigenvalue weighted by Crippen LogP contribution is -2.48. The van der Waals surface area contributed by atoms with Gasteiger partial charge in [-0.15, -0.1) is 4.98 Å². The molecule has 0 spiro atoms. The number of anilines is 1. The number of nitrogens with zero attached hydrogens (tertiary/aromatic N) is 2. The van der Waals surface area contributed by atoms with Crippen molar-refractivity contribution in [2.45, 2.75) is 103 Å². The quantitative estimate of drug-likeness (QED) is 0.413. The maximum absolute atomic E-state index is 12.3. The zero-order valence-electron chi connectivity index (χ0n) is 21.8. The monoisotopic (exact) mass is 496 g/mol. The summed E-state index contributed by atoms with van der Waals surface area (Å²) in [5.41, 5.74) is 6.77. The topological polar surface area (TPSA) is 119 Å². The molecule has 0 aliphatic carbocycles. The van der Waals surface area contributed by atoms with Gasteiger partial charge in [0.25, 0.3) is 5.65 Å². The predicted octanol–water partition coefficient (Wildman–Crippen LogP) is 3.82. The van der Waals surface area contributed by atoms with Crippen LogP contribution in [-0.2, 0) is 13.6 Å². The molecule has 9 nitrogen and oxygen atoms in total. The minimum absolute atomic E-state index is 0.0650. The standard InChI is InChI=1S/C22H41N5O4Si2/c1-21(2,3)32(7,8)29-12-15-14(31-33(9,10)22(4,5)6)11-16(30-15)27-18-17(24-13-25-18)19(28)26-20(27)23/h13-16H,11-12H2,1-10H3,(H3,23,24,25,26,28)/p+1/t14-,15+,16-/m0/s1. The van der Waals surface area contributed by atoms with E-state index in [2.05, 4.69) is 82.7 Å². The summed E-state index contributed by atoms with van der Waals surface area (Å²) in [4.78, 5) is 22.2. The van der Waals surface area contributed by atoms with E-state index in [4.69, 9.17) is 19.3 Å². The van der Waals surface area contributed by atoms with Gasteiger partial charge in [0, 0.05) is 6.42 Å². The maximum Gasteiger partial charge on any atom is 0.322 e. The predicted molar refractivity (Wildman–Crippen MR) is 135 cm³/mol. The van der Waals surface area contributed by atoms with Crippen LogP contribution in [0.5, 0.6) is 0 Å². The SMILES string of the molecule is CC(C)(C)[Si](C)(C)OC[C@H]1O[C@H]([n+]2c(N)[nH]c(=O)c3[nH]cnc32)C[C@@H]1O[Si](C)(C)C(C)(C)C. The van der Waals surface area contributed by atoms with E-state index >= 15 is 0 Å². The molecule has 33 heavy (non-hydrogen) atoms. The van der Waals surface area contributed by atoms with Crippen molar-refractivity contribution in [3.63, 3.8) is 0 Å². The summed E-state index contributed by atoms with van der Waals surface area (Å²) in [7, 11) is -4.03. The molecule has 1 saturated heterocycles. The van der Waals surface area contributed by atoms with Crippen molar-refractivity contribution in [3.05, 3.63) is 16.7 Å². The first-order valence-corrected chi connectivity index (χ1v) is 17.5. The summed E-state index contributed by atoms with van der Waals surface area (Å²) in [6.45, 7) is 22.8. The van der Waals surface area contributed by atoms with E-state index in [-0.39, 0.29) is 33.8 Å². The average molecular weight is 497 g/mol. The zero-order chi connectivity index (χ0) is 25.0. The molecule has 1 aliphatic rings. The Balaban J connectivity index is 1.94. The largest absolute Gasteiger partial charge is 0.414 e. The van der Waals surface area contributed by atoms with Gasteiger partial charge in [-0.05, 0) is 36.3 Å².